The SMILES string of the molecule is C[C@@H]1CN(C(=O)c2ccc3c(c2)OCC(=O)N3)C[C@H](C)O1. The molecular formula is C15H18N2O4. The minimum absolute atomic E-state index is 0.0176. The summed E-state index contributed by atoms with van der Waals surface area (Å²) in [6, 6.07) is 5.09. The molecule has 1 aromatic rings. The van der Waals surface area contributed by atoms with Crippen molar-refractivity contribution in [3.63, 3.8) is 0 Å². The van der Waals surface area contributed by atoms with Crippen molar-refractivity contribution in [2.45, 2.75) is 26.1 Å². The van der Waals surface area contributed by atoms with Crippen LogP contribution in [-0.4, -0.2) is 48.6 Å². The van der Waals surface area contributed by atoms with E-state index in [4.69, 9.17) is 9.47 Å². The van der Waals surface area contributed by atoms with E-state index in [0.717, 1.165) is 0 Å². The molecule has 0 saturated carbocycles. The van der Waals surface area contributed by atoms with Crippen molar-refractivity contribution < 1.29 is 19.1 Å². The van der Waals surface area contributed by atoms with Gasteiger partial charge in [-0.3, -0.25) is 9.59 Å². The molecule has 112 valence electrons. The van der Waals surface area contributed by atoms with Crippen molar-refractivity contribution in [2.24, 2.45) is 0 Å². The van der Waals surface area contributed by atoms with Crippen LogP contribution in [0.1, 0.15) is 24.2 Å². The summed E-state index contributed by atoms with van der Waals surface area (Å²) in [7, 11) is 0. The highest BCUT2D eigenvalue weighted by atomic mass is 16.5. The summed E-state index contributed by atoms with van der Waals surface area (Å²) >= 11 is 0. The van der Waals surface area contributed by atoms with E-state index < -0.39 is 0 Å². The molecule has 6 nitrogen and oxygen atoms in total. The summed E-state index contributed by atoms with van der Waals surface area (Å²) in [4.78, 5) is 25.6. The normalized spacial score (nSPS) is 24.9. The molecule has 0 unspecified atom stereocenters. The van der Waals surface area contributed by atoms with E-state index in [1.165, 1.54) is 0 Å². The van der Waals surface area contributed by atoms with Gasteiger partial charge in [0.15, 0.2) is 6.61 Å². The zero-order chi connectivity index (χ0) is 15.0. The number of hydrogen-bond donors (Lipinski definition) is 1. The van der Waals surface area contributed by atoms with Crippen molar-refractivity contribution in [3.05, 3.63) is 23.8 Å². The van der Waals surface area contributed by atoms with Gasteiger partial charge in [-0.15, -0.1) is 0 Å². The average Bonchev–Trinajstić information content (AvgIpc) is 2.45. The maximum Gasteiger partial charge on any atom is 0.262 e. The summed E-state index contributed by atoms with van der Waals surface area (Å²) in [5.74, 6) is 0.313. The highest BCUT2D eigenvalue weighted by Crippen LogP contribution is 2.29. The second-order valence-electron chi connectivity index (χ2n) is 5.52. The van der Waals surface area contributed by atoms with Crippen LogP contribution in [0, 0.1) is 0 Å². The lowest BCUT2D eigenvalue weighted by Gasteiger charge is -2.35. The van der Waals surface area contributed by atoms with Gasteiger partial charge in [-0.2, -0.15) is 0 Å². The average molecular weight is 290 g/mol. The van der Waals surface area contributed by atoms with E-state index in [0.29, 0.717) is 30.1 Å². The second-order valence-corrected chi connectivity index (χ2v) is 5.52. The number of anilines is 1. The summed E-state index contributed by atoms with van der Waals surface area (Å²) < 4.78 is 11.0. The lowest BCUT2D eigenvalue weighted by Crippen LogP contribution is -2.48. The first-order valence-corrected chi connectivity index (χ1v) is 7.04. The summed E-state index contributed by atoms with van der Waals surface area (Å²) in [6.07, 6.45) is 0.0664. The van der Waals surface area contributed by atoms with Gasteiger partial charge in [0.25, 0.3) is 11.8 Å². The smallest absolute Gasteiger partial charge is 0.262 e. The quantitative estimate of drug-likeness (QED) is 0.845. The lowest BCUT2D eigenvalue weighted by atomic mass is 10.1. The molecule has 0 bridgehead atoms. The van der Waals surface area contributed by atoms with Crippen LogP contribution >= 0.6 is 0 Å². The van der Waals surface area contributed by atoms with E-state index in [-0.39, 0.29) is 30.6 Å². The number of ether oxygens (including phenoxy) is 2. The zero-order valence-corrected chi connectivity index (χ0v) is 12.1. The topological polar surface area (TPSA) is 67.9 Å². The molecule has 0 aromatic heterocycles. The Morgan fingerprint density at radius 1 is 1.29 bits per heavy atom. The van der Waals surface area contributed by atoms with Crippen LogP contribution in [0.5, 0.6) is 5.75 Å². The number of morpholine rings is 1. The van der Waals surface area contributed by atoms with Gasteiger partial charge in [-0.25, -0.2) is 0 Å². The largest absolute Gasteiger partial charge is 0.482 e. The molecule has 2 aliphatic heterocycles. The van der Waals surface area contributed by atoms with Crippen molar-refractivity contribution in [3.8, 4) is 5.75 Å². The number of carbonyl (C=O) groups is 2. The summed E-state index contributed by atoms with van der Waals surface area (Å²) in [5, 5.41) is 2.71. The van der Waals surface area contributed by atoms with Crippen molar-refractivity contribution in [1.29, 1.82) is 0 Å². The Morgan fingerprint density at radius 2 is 2.00 bits per heavy atom. The minimum Gasteiger partial charge on any atom is -0.482 e. The van der Waals surface area contributed by atoms with Gasteiger partial charge >= 0.3 is 0 Å². The van der Waals surface area contributed by atoms with Gasteiger partial charge < -0.3 is 19.7 Å². The number of hydrogen-bond acceptors (Lipinski definition) is 4. The fourth-order valence-electron chi connectivity index (χ4n) is 2.73. The molecule has 6 heteroatoms. The van der Waals surface area contributed by atoms with Crippen LogP contribution in [-0.2, 0) is 9.53 Å². The third-order valence-electron chi connectivity index (χ3n) is 3.57. The first-order chi connectivity index (χ1) is 10.0. The van der Waals surface area contributed by atoms with Gasteiger partial charge in [0.05, 0.1) is 17.9 Å². The second kappa shape index (κ2) is 5.37. The van der Waals surface area contributed by atoms with Crippen LogP contribution in [0.2, 0.25) is 0 Å². The number of nitrogens with one attached hydrogen (secondary N) is 1. The highest BCUT2D eigenvalue weighted by molar-refractivity contribution is 5.99. The van der Waals surface area contributed by atoms with Crippen LogP contribution in [0.15, 0.2) is 18.2 Å². The van der Waals surface area contributed by atoms with E-state index in [1.54, 1.807) is 23.1 Å². The highest BCUT2D eigenvalue weighted by Gasteiger charge is 2.27. The Hall–Kier alpha value is -2.08. The fourth-order valence-corrected chi connectivity index (χ4v) is 2.73. The third kappa shape index (κ3) is 2.85. The molecule has 3 rings (SSSR count). The molecule has 1 fully saturated rings. The minimum atomic E-state index is -0.183. The van der Waals surface area contributed by atoms with Gasteiger partial charge in [0.1, 0.15) is 5.75 Å². The molecule has 1 N–H and O–H groups in total. The van der Waals surface area contributed by atoms with Crippen LogP contribution < -0.4 is 10.1 Å². The molecular weight excluding hydrogens is 272 g/mol. The van der Waals surface area contributed by atoms with E-state index in [9.17, 15) is 9.59 Å². The van der Waals surface area contributed by atoms with E-state index >= 15 is 0 Å². The number of benzene rings is 1. The molecule has 2 amide bonds. The first kappa shape index (κ1) is 13.9. The lowest BCUT2D eigenvalue weighted by molar-refractivity contribution is -0.118. The summed E-state index contributed by atoms with van der Waals surface area (Å²) in [6.45, 7) is 5.06. The molecule has 1 saturated heterocycles. The number of fused-ring (bicyclic) bond motifs is 1. The standard InChI is InChI=1S/C15H18N2O4/c1-9-6-17(7-10(2)21-9)15(19)11-3-4-12-13(5-11)20-8-14(18)16-12/h3-5,9-10H,6-8H2,1-2H3,(H,16,18)/t9-,10+. The van der Waals surface area contributed by atoms with Gasteiger partial charge in [-0.05, 0) is 32.0 Å². The molecule has 2 aliphatic rings. The fraction of sp³-hybridized carbons (Fsp3) is 0.467. The maximum absolute atomic E-state index is 12.6. The molecule has 1 aromatic carbocycles. The molecule has 0 spiro atoms. The van der Waals surface area contributed by atoms with Crippen LogP contribution in [0.3, 0.4) is 0 Å². The maximum atomic E-state index is 12.6. The summed E-state index contributed by atoms with van der Waals surface area (Å²) in [5.41, 5.74) is 1.16. The van der Waals surface area contributed by atoms with Gasteiger partial charge in [-0.1, -0.05) is 0 Å². The van der Waals surface area contributed by atoms with Crippen molar-refractivity contribution in [2.75, 3.05) is 25.0 Å². The Bertz CT molecular complexity index is 577. The zero-order valence-electron chi connectivity index (χ0n) is 12.1. The molecule has 21 heavy (non-hydrogen) atoms. The Labute approximate surface area is 123 Å². The molecule has 2 heterocycles. The molecule has 0 aliphatic carbocycles. The third-order valence-corrected chi connectivity index (χ3v) is 3.57. The van der Waals surface area contributed by atoms with E-state index in [2.05, 4.69) is 5.32 Å². The molecule has 0 radical (unpaired) electrons. The van der Waals surface area contributed by atoms with Gasteiger partial charge in [0, 0.05) is 18.7 Å². The van der Waals surface area contributed by atoms with Crippen LogP contribution in [0.25, 0.3) is 0 Å². The Morgan fingerprint density at radius 3 is 2.71 bits per heavy atom. The van der Waals surface area contributed by atoms with Crippen molar-refractivity contribution in [1.82, 2.24) is 4.90 Å². The predicted molar refractivity (Wildman–Crippen MR) is 76.5 cm³/mol. The number of carbonyl (C=O) groups excluding carboxylic acids is 2. The Kier molecular flexibility index (Phi) is 3.55. The number of nitrogens with zero attached hydrogens (tertiary/aromatic N) is 1. The first-order valence-electron chi connectivity index (χ1n) is 7.04. The van der Waals surface area contributed by atoms with Crippen LogP contribution in [0.4, 0.5) is 5.69 Å². The monoisotopic (exact) mass is 290 g/mol. The van der Waals surface area contributed by atoms with Gasteiger partial charge in [0.2, 0.25) is 0 Å². The number of amides is 2. The predicted octanol–water partition coefficient (Wildman–Crippen LogP) is 1.27. The van der Waals surface area contributed by atoms with E-state index in [1.807, 2.05) is 13.8 Å². The Balaban J connectivity index is 1.80. The number of rotatable bonds is 1. The van der Waals surface area contributed by atoms with Crippen molar-refractivity contribution >= 4 is 17.5 Å². The molecule has 2 atom stereocenters.